The predicted molar refractivity (Wildman–Crippen MR) is 160 cm³/mol. The van der Waals surface area contributed by atoms with Crippen LogP contribution in [0.2, 0.25) is 0 Å². The first-order valence-electron chi connectivity index (χ1n) is 15.2. The van der Waals surface area contributed by atoms with Crippen molar-refractivity contribution in [3.05, 3.63) is 64.5 Å². The molecule has 0 aliphatic carbocycles. The van der Waals surface area contributed by atoms with Gasteiger partial charge in [0.05, 0.1) is 12.3 Å². The van der Waals surface area contributed by atoms with E-state index in [1.807, 2.05) is 17.9 Å². The largest absolute Gasteiger partial charge is 0.392 e. The van der Waals surface area contributed by atoms with Gasteiger partial charge in [-0.1, -0.05) is 6.07 Å². The van der Waals surface area contributed by atoms with Crippen LogP contribution >= 0.6 is 0 Å². The molecule has 0 radical (unpaired) electrons. The number of nitrogens with zero attached hydrogens (tertiary/aromatic N) is 5. The minimum Gasteiger partial charge on any atom is -0.392 e. The van der Waals surface area contributed by atoms with Crippen molar-refractivity contribution in [2.75, 3.05) is 24.5 Å². The van der Waals surface area contributed by atoms with Crippen LogP contribution in [0.1, 0.15) is 80.2 Å². The smallest absolute Gasteiger partial charge is 0.264 e. The second kappa shape index (κ2) is 11.4. The van der Waals surface area contributed by atoms with Crippen LogP contribution in [0.4, 0.5) is 20.2 Å². The molecule has 3 aromatic rings. The zero-order chi connectivity index (χ0) is 29.7. The van der Waals surface area contributed by atoms with Crippen molar-refractivity contribution in [3.8, 4) is 11.1 Å². The Morgan fingerprint density at radius 2 is 1.79 bits per heavy atom. The fourth-order valence-electron chi connectivity index (χ4n) is 7.05. The Morgan fingerprint density at radius 3 is 2.43 bits per heavy atom. The van der Waals surface area contributed by atoms with E-state index in [0.717, 1.165) is 73.4 Å². The molecule has 9 heteroatoms. The molecule has 0 bridgehead atoms. The van der Waals surface area contributed by atoms with Gasteiger partial charge in [-0.25, -0.2) is 8.78 Å². The Balaban J connectivity index is 1.40. The van der Waals surface area contributed by atoms with Crippen LogP contribution in [0.25, 0.3) is 11.1 Å². The number of aliphatic hydroxyl groups excluding tert-OH is 1. The number of aryl methyl sites for hydroxylation is 2. The lowest BCUT2D eigenvalue weighted by Gasteiger charge is -2.38. The van der Waals surface area contributed by atoms with Gasteiger partial charge in [-0.15, -0.1) is 0 Å². The molecule has 1 amide bonds. The van der Waals surface area contributed by atoms with E-state index < -0.39 is 6.43 Å². The number of aliphatic hydroxyl groups is 1. The number of rotatable bonds is 6. The molecule has 42 heavy (non-hydrogen) atoms. The first kappa shape index (κ1) is 28.8. The Kier molecular flexibility index (Phi) is 7.83. The Labute approximate surface area is 246 Å². The maximum absolute atomic E-state index is 14.5. The number of halogens is 2. The van der Waals surface area contributed by atoms with Crippen molar-refractivity contribution in [1.82, 2.24) is 19.6 Å². The molecule has 1 aromatic heterocycles. The monoisotopic (exact) mass is 577 g/mol. The molecular weight excluding hydrogens is 536 g/mol. The zero-order valence-corrected chi connectivity index (χ0v) is 25.0. The topological polar surface area (TPSA) is 64.8 Å². The molecule has 1 saturated heterocycles. The molecule has 7 nitrogen and oxygen atoms in total. The molecule has 2 aromatic carbocycles. The second-order valence-electron chi connectivity index (χ2n) is 12.4. The summed E-state index contributed by atoms with van der Waals surface area (Å²) in [6.45, 7) is 9.22. The van der Waals surface area contributed by atoms with Crippen LogP contribution in [-0.2, 0) is 31.4 Å². The van der Waals surface area contributed by atoms with Gasteiger partial charge in [0.25, 0.3) is 6.43 Å². The number of hydrogen-bond donors (Lipinski definition) is 1. The quantitative estimate of drug-likeness (QED) is 0.394. The predicted octanol–water partition coefficient (Wildman–Crippen LogP) is 5.92. The summed E-state index contributed by atoms with van der Waals surface area (Å²) in [5.74, 6) is 0.408. The van der Waals surface area contributed by atoms with Gasteiger partial charge < -0.3 is 14.9 Å². The van der Waals surface area contributed by atoms with Crippen molar-refractivity contribution in [2.45, 2.75) is 84.0 Å². The average Bonchev–Trinajstić information content (AvgIpc) is 3.62. The minimum absolute atomic E-state index is 0.0198. The molecule has 4 heterocycles. The number of likely N-dealkylation sites (tertiary alicyclic amines) is 1. The standard InChI is InChI=1S/C33H41F2N5O2/c1-20(21(2)41)38-10-7-23(8-11-38)25-12-26-18-39(22(3)42)19-30(26)32(14-25)40-9-5-6-24-13-28(27-16-36-37(4)17-27)29(33(34)35)15-31(24)40/h12-17,20-21,23,33,41H,5-11,18-19H2,1-4H3/t20?,21-/m1/s1. The van der Waals surface area contributed by atoms with Crippen molar-refractivity contribution >= 4 is 17.3 Å². The van der Waals surface area contributed by atoms with Gasteiger partial charge in [-0.3, -0.25) is 14.4 Å². The third-order valence-electron chi connectivity index (χ3n) is 9.68. The molecule has 1 N–H and O–H groups in total. The molecular formula is C33H41F2N5O2. The molecule has 224 valence electrons. The SMILES string of the molecule is CC(=O)N1Cc2cc(C3CCN(C(C)[C@@H](C)O)CC3)cc(N3CCCc4cc(-c5cnn(C)c5)c(C(F)F)cc43)c2C1. The highest BCUT2D eigenvalue weighted by molar-refractivity contribution is 5.80. The summed E-state index contributed by atoms with van der Waals surface area (Å²) in [6.07, 6.45) is 4.17. The van der Waals surface area contributed by atoms with Gasteiger partial charge in [0.2, 0.25) is 5.91 Å². The summed E-state index contributed by atoms with van der Waals surface area (Å²) in [4.78, 5) is 18.9. The number of amides is 1. The lowest BCUT2D eigenvalue weighted by molar-refractivity contribution is -0.129. The molecule has 1 unspecified atom stereocenters. The van der Waals surface area contributed by atoms with Gasteiger partial charge in [-0.05, 0) is 99.0 Å². The van der Waals surface area contributed by atoms with Crippen molar-refractivity contribution < 1.29 is 18.7 Å². The van der Waals surface area contributed by atoms with Crippen molar-refractivity contribution in [2.24, 2.45) is 7.05 Å². The minimum atomic E-state index is -2.62. The van der Waals surface area contributed by atoms with Crippen LogP contribution in [0.5, 0.6) is 0 Å². The van der Waals surface area contributed by atoms with Crippen LogP contribution in [0, 0.1) is 0 Å². The number of carbonyl (C=O) groups is 1. The number of alkyl halides is 2. The summed E-state index contributed by atoms with van der Waals surface area (Å²) in [6, 6.07) is 8.30. The Hall–Kier alpha value is -3.30. The van der Waals surface area contributed by atoms with Gasteiger partial charge in [0, 0.05) is 73.9 Å². The highest BCUT2D eigenvalue weighted by atomic mass is 19.3. The number of anilines is 2. The van der Waals surface area contributed by atoms with Crippen molar-refractivity contribution in [3.63, 3.8) is 0 Å². The second-order valence-corrected chi connectivity index (χ2v) is 12.4. The first-order valence-corrected chi connectivity index (χ1v) is 15.2. The van der Waals surface area contributed by atoms with E-state index in [0.29, 0.717) is 30.1 Å². The van der Waals surface area contributed by atoms with E-state index >= 15 is 0 Å². The summed E-state index contributed by atoms with van der Waals surface area (Å²) in [5, 5.41) is 14.3. The molecule has 3 aliphatic rings. The Morgan fingerprint density at radius 1 is 1.02 bits per heavy atom. The van der Waals surface area contributed by atoms with E-state index in [-0.39, 0.29) is 23.6 Å². The molecule has 0 spiro atoms. The maximum atomic E-state index is 14.5. The molecule has 2 atom stereocenters. The highest BCUT2D eigenvalue weighted by Gasteiger charge is 2.32. The molecule has 0 saturated carbocycles. The number of piperidine rings is 1. The van der Waals surface area contributed by atoms with Crippen molar-refractivity contribution in [1.29, 1.82) is 0 Å². The van der Waals surface area contributed by atoms with Gasteiger partial charge in [0.15, 0.2) is 0 Å². The maximum Gasteiger partial charge on any atom is 0.264 e. The van der Waals surface area contributed by atoms with Gasteiger partial charge >= 0.3 is 0 Å². The number of fused-ring (bicyclic) bond motifs is 2. The van der Waals surface area contributed by atoms with E-state index in [9.17, 15) is 18.7 Å². The van der Waals surface area contributed by atoms with Gasteiger partial charge in [-0.2, -0.15) is 5.10 Å². The highest BCUT2D eigenvalue weighted by Crippen LogP contribution is 2.45. The van der Waals surface area contributed by atoms with E-state index in [1.165, 1.54) is 5.56 Å². The molecule has 3 aliphatic heterocycles. The number of benzene rings is 2. The third-order valence-corrected chi connectivity index (χ3v) is 9.68. The summed E-state index contributed by atoms with van der Waals surface area (Å²) < 4.78 is 30.7. The van der Waals surface area contributed by atoms with Crippen LogP contribution < -0.4 is 4.90 Å². The zero-order valence-electron chi connectivity index (χ0n) is 25.0. The fraction of sp³-hybridized carbons (Fsp3) is 0.515. The summed E-state index contributed by atoms with van der Waals surface area (Å²) in [7, 11) is 1.79. The first-order chi connectivity index (χ1) is 20.1. The normalized spacial score (nSPS) is 19.2. The molecule has 6 rings (SSSR count). The lowest BCUT2D eigenvalue weighted by Crippen LogP contribution is -2.44. The number of carbonyl (C=O) groups excluding carboxylic acids is 1. The van der Waals surface area contributed by atoms with Crippen LogP contribution in [-0.4, -0.2) is 62.4 Å². The van der Waals surface area contributed by atoms with E-state index in [4.69, 9.17) is 0 Å². The number of aromatic nitrogens is 2. The summed E-state index contributed by atoms with van der Waals surface area (Å²) in [5.41, 5.74) is 7.74. The molecule has 1 fully saturated rings. The van der Waals surface area contributed by atoms with Crippen LogP contribution in [0.15, 0.2) is 36.7 Å². The lowest BCUT2D eigenvalue weighted by atomic mass is 9.86. The number of hydrogen-bond acceptors (Lipinski definition) is 5. The Bertz CT molecular complexity index is 1480. The van der Waals surface area contributed by atoms with E-state index in [2.05, 4.69) is 34.0 Å². The fourth-order valence-corrected chi connectivity index (χ4v) is 7.05. The van der Waals surface area contributed by atoms with Gasteiger partial charge in [0.1, 0.15) is 0 Å². The van der Waals surface area contributed by atoms with E-state index in [1.54, 1.807) is 37.1 Å². The summed E-state index contributed by atoms with van der Waals surface area (Å²) >= 11 is 0. The third kappa shape index (κ3) is 5.33. The van der Waals surface area contributed by atoms with Crippen LogP contribution in [0.3, 0.4) is 0 Å². The average molecular weight is 578 g/mol.